The molecule has 2 unspecified atom stereocenters. The number of methoxy groups -OCH3 is 1. The molecule has 3 heterocycles. The number of hydrogen-bond donors (Lipinski definition) is 2. The predicted octanol–water partition coefficient (Wildman–Crippen LogP) is 6.39. The normalized spacial score (nSPS) is 18.4. The van der Waals surface area contributed by atoms with E-state index >= 15 is 4.39 Å². The molecule has 0 spiro atoms. The number of ether oxygens (including phenoxy) is 2. The number of benzene rings is 3. The number of nitrogens with zero attached hydrogens (tertiary/aromatic N) is 4. The lowest BCUT2D eigenvalue weighted by Gasteiger charge is -2.22. The van der Waals surface area contributed by atoms with Gasteiger partial charge in [0.2, 0.25) is 5.82 Å². The van der Waals surface area contributed by atoms with Gasteiger partial charge in [0.15, 0.2) is 17.3 Å². The van der Waals surface area contributed by atoms with E-state index in [-0.39, 0.29) is 41.1 Å². The summed E-state index contributed by atoms with van der Waals surface area (Å²) in [7, 11) is 5.13. The SMILES string of the molecule is COc1c(C(=O)N2CCC(C(=O)O)C2)cc(Cl)c(OC2CCc3c(-c4cccc(NC(=O)c5nc6c(n5C)CCN(C)C6)c4Cl)cccc32)c1F. The van der Waals surface area contributed by atoms with E-state index in [2.05, 4.69) is 15.2 Å². The molecule has 2 N–H and O–H groups in total. The number of carboxylic acids is 1. The second-order valence-electron chi connectivity index (χ2n) is 13.2. The minimum absolute atomic E-state index is 0.0130. The van der Waals surface area contributed by atoms with Crippen LogP contribution < -0.4 is 14.8 Å². The van der Waals surface area contributed by atoms with E-state index in [4.69, 9.17) is 32.7 Å². The summed E-state index contributed by atoms with van der Waals surface area (Å²) in [6.45, 7) is 1.82. The Balaban J connectivity index is 1.13. The van der Waals surface area contributed by atoms with Crippen LogP contribution in [0.25, 0.3) is 11.1 Å². The molecule has 7 rings (SSSR count). The van der Waals surface area contributed by atoms with E-state index in [1.54, 1.807) is 6.07 Å². The van der Waals surface area contributed by atoms with Gasteiger partial charge < -0.3 is 34.3 Å². The lowest BCUT2D eigenvalue weighted by atomic mass is 9.96. The van der Waals surface area contributed by atoms with Gasteiger partial charge in [-0.1, -0.05) is 53.5 Å². The average Bonchev–Trinajstić information content (AvgIpc) is 3.85. The molecular weight excluding hydrogens is 700 g/mol. The van der Waals surface area contributed by atoms with Gasteiger partial charge in [-0.3, -0.25) is 14.4 Å². The number of amides is 2. The average molecular weight is 737 g/mol. The summed E-state index contributed by atoms with van der Waals surface area (Å²) in [4.78, 5) is 46.3. The number of halogens is 3. The summed E-state index contributed by atoms with van der Waals surface area (Å²) in [5.74, 6) is -3.77. The van der Waals surface area contributed by atoms with Gasteiger partial charge in [-0.05, 0) is 55.1 Å². The van der Waals surface area contributed by atoms with Gasteiger partial charge in [-0.15, -0.1) is 0 Å². The highest BCUT2D eigenvalue weighted by Crippen LogP contribution is 2.46. The number of fused-ring (bicyclic) bond motifs is 2. The number of imidazole rings is 1. The third kappa shape index (κ3) is 6.30. The van der Waals surface area contributed by atoms with Crippen molar-refractivity contribution in [3.05, 3.63) is 92.2 Å². The third-order valence-electron chi connectivity index (χ3n) is 10.1. The number of anilines is 1. The second kappa shape index (κ2) is 13.8. The summed E-state index contributed by atoms with van der Waals surface area (Å²) in [5.41, 5.74) is 5.65. The zero-order chi connectivity index (χ0) is 36.1. The molecule has 3 aromatic carbocycles. The maximum absolute atomic E-state index is 16.0. The monoisotopic (exact) mass is 735 g/mol. The Hall–Kier alpha value is -4.65. The van der Waals surface area contributed by atoms with Gasteiger partial charge in [0.25, 0.3) is 11.8 Å². The highest BCUT2D eigenvalue weighted by molar-refractivity contribution is 6.36. The number of aromatic nitrogens is 2. The molecule has 1 fully saturated rings. The van der Waals surface area contributed by atoms with Gasteiger partial charge in [0.05, 0.1) is 40.0 Å². The fraction of sp³-hybridized carbons (Fsp3) is 0.351. The van der Waals surface area contributed by atoms with E-state index in [0.717, 1.165) is 41.0 Å². The smallest absolute Gasteiger partial charge is 0.308 e. The van der Waals surface area contributed by atoms with Gasteiger partial charge >= 0.3 is 5.97 Å². The van der Waals surface area contributed by atoms with Crippen molar-refractivity contribution in [2.75, 3.05) is 39.1 Å². The van der Waals surface area contributed by atoms with Crippen molar-refractivity contribution in [1.82, 2.24) is 19.4 Å². The Labute approximate surface area is 303 Å². The van der Waals surface area contributed by atoms with Crippen LogP contribution in [0.5, 0.6) is 11.5 Å². The number of hydrogen-bond acceptors (Lipinski definition) is 7. The standard InChI is InChI=1S/C37H36Cl2FN5O6/c1-43-14-13-28-27(18-43)41-34(44(28)2)35(46)42-26-9-5-8-23(30(26)39)20-6-4-7-22-21(20)10-11-29(22)51-33-25(38)16-24(32(50-3)31(33)40)36(47)45-15-12-19(17-45)37(48)49/h4-9,16,19,29H,10-15,17-18H2,1-3H3,(H,42,46)(H,48,49). The lowest BCUT2D eigenvalue weighted by Crippen LogP contribution is -2.30. The second-order valence-corrected chi connectivity index (χ2v) is 14.0. The first-order valence-electron chi connectivity index (χ1n) is 16.7. The molecule has 3 aliphatic rings. The van der Waals surface area contributed by atoms with Crippen LogP contribution in [0.4, 0.5) is 10.1 Å². The molecule has 0 radical (unpaired) electrons. The summed E-state index contributed by atoms with van der Waals surface area (Å²) in [6.07, 6.45) is 1.67. The minimum Gasteiger partial charge on any atom is -0.493 e. The molecule has 2 amide bonds. The number of likely N-dealkylation sites (N-methyl/N-ethyl adjacent to an activating group) is 1. The molecule has 266 valence electrons. The van der Waals surface area contributed by atoms with Crippen LogP contribution >= 0.6 is 23.2 Å². The third-order valence-corrected chi connectivity index (χ3v) is 10.7. The number of aliphatic carboxylic acids is 1. The van der Waals surface area contributed by atoms with Crippen LogP contribution in [-0.4, -0.2) is 76.0 Å². The van der Waals surface area contributed by atoms with E-state index in [9.17, 15) is 19.5 Å². The maximum Gasteiger partial charge on any atom is 0.308 e. The van der Waals surface area contributed by atoms with E-state index in [1.807, 2.05) is 49.0 Å². The molecule has 11 nitrogen and oxygen atoms in total. The Bertz CT molecular complexity index is 2090. The molecule has 14 heteroatoms. The van der Waals surface area contributed by atoms with Crippen molar-refractivity contribution in [3.8, 4) is 22.6 Å². The van der Waals surface area contributed by atoms with Crippen LogP contribution in [-0.2, 0) is 31.2 Å². The van der Waals surface area contributed by atoms with Crippen molar-refractivity contribution in [2.45, 2.75) is 38.3 Å². The van der Waals surface area contributed by atoms with Gasteiger partial charge in [-0.25, -0.2) is 4.98 Å². The highest BCUT2D eigenvalue weighted by Gasteiger charge is 2.35. The minimum atomic E-state index is -0.987. The molecule has 4 aromatic rings. The number of rotatable bonds is 8. The first kappa shape index (κ1) is 34.8. The van der Waals surface area contributed by atoms with Crippen molar-refractivity contribution in [2.24, 2.45) is 13.0 Å². The largest absolute Gasteiger partial charge is 0.493 e. The summed E-state index contributed by atoms with van der Waals surface area (Å²) in [5, 5.41) is 12.6. The Morgan fingerprint density at radius 3 is 2.53 bits per heavy atom. The van der Waals surface area contributed by atoms with Crippen molar-refractivity contribution in [1.29, 1.82) is 0 Å². The van der Waals surface area contributed by atoms with Crippen molar-refractivity contribution >= 4 is 46.7 Å². The molecule has 0 bridgehead atoms. The summed E-state index contributed by atoms with van der Waals surface area (Å²) >= 11 is 13.5. The molecule has 1 aliphatic carbocycles. The number of nitrogens with one attached hydrogen (secondary N) is 1. The molecule has 51 heavy (non-hydrogen) atoms. The first-order chi connectivity index (χ1) is 24.5. The fourth-order valence-corrected chi connectivity index (χ4v) is 7.89. The van der Waals surface area contributed by atoms with Crippen LogP contribution in [0.15, 0.2) is 42.5 Å². The zero-order valence-electron chi connectivity index (χ0n) is 28.3. The highest BCUT2D eigenvalue weighted by atomic mass is 35.5. The number of carbonyl (C=O) groups excluding carboxylic acids is 2. The maximum atomic E-state index is 16.0. The van der Waals surface area contributed by atoms with Crippen LogP contribution in [0.3, 0.4) is 0 Å². The number of carboxylic acid groups (broad SMARTS) is 1. The number of likely N-dealkylation sites (tertiary alicyclic amines) is 1. The molecule has 2 atom stereocenters. The zero-order valence-corrected chi connectivity index (χ0v) is 29.8. The van der Waals surface area contributed by atoms with Gasteiger partial charge in [0.1, 0.15) is 6.10 Å². The van der Waals surface area contributed by atoms with E-state index < -0.39 is 29.7 Å². The molecular formula is C37H36Cl2FN5O6. The van der Waals surface area contributed by atoms with E-state index in [0.29, 0.717) is 47.9 Å². The Morgan fingerprint density at radius 1 is 1.02 bits per heavy atom. The number of carbonyl (C=O) groups is 3. The van der Waals surface area contributed by atoms with Crippen LogP contribution in [0.1, 0.15) is 62.4 Å². The van der Waals surface area contributed by atoms with E-state index in [1.165, 1.54) is 18.1 Å². The Morgan fingerprint density at radius 2 is 1.78 bits per heavy atom. The van der Waals surface area contributed by atoms with Crippen molar-refractivity contribution < 1.29 is 33.4 Å². The Kier molecular flexibility index (Phi) is 9.42. The lowest BCUT2D eigenvalue weighted by molar-refractivity contribution is -0.141. The van der Waals surface area contributed by atoms with Gasteiger partial charge in [-0.2, -0.15) is 4.39 Å². The topological polar surface area (TPSA) is 126 Å². The van der Waals surface area contributed by atoms with Gasteiger partial charge in [0, 0.05) is 50.9 Å². The van der Waals surface area contributed by atoms with Crippen molar-refractivity contribution in [3.63, 3.8) is 0 Å². The molecule has 1 saturated heterocycles. The quantitative estimate of drug-likeness (QED) is 0.213. The predicted molar refractivity (Wildman–Crippen MR) is 189 cm³/mol. The van der Waals surface area contributed by atoms with Crippen LogP contribution in [0, 0.1) is 11.7 Å². The first-order valence-corrected chi connectivity index (χ1v) is 17.4. The van der Waals surface area contributed by atoms with Crippen LogP contribution in [0.2, 0.25) is 10.0 Å². The summed E-state index contributed by atoms with van der Waals surface area (Å²) < 4.78 is 29.4. The molecule has 1 aromatic heterocycles. The fourth-order valence-electron chi connectivity index (χ4n) is 7.38. The summed E-state index contributed by atoms with van der Waals surface area (Å²) in [6, 6.07) is 12.5. The molecule has 2 aliphatic heterocycles. The molecule has 0 saturated carbocycles.